The molecule has 2 heterocycles. The van der Waals surface area contributed by atoms with Crippen LogP contribution >= 0.6 is 11.3 Å². The van der Waals surface area contributed by atoms with E-state index in [0.717, 1.165) is 10.7 Å². The minimum absolute atomic E-state index is 0.188. The fourth-order valence-electron chi connectivity index (χ4n) is 1.47. The Kier molecular flexibility index (Phi) is 4.35. The van der Waals surface area contributed by atoms with Gasteiger partial charge in [0.05, 0.1) is 5.01 Å². The molecule has 0 unspecified atom stereocenters. The number of aliphatic hydroxyl groups is 1. The van der Waals surface area contributed by atoms with Crippen LogP contribution in [0.3, 0.4) is 0 Å². The molecule has 2 aromatic heterocycles. The second-order valence-corrected chi connectivity index (χ2v) is 6.55. The lowest BCUT2D eigenvalue weighted by Gasteiger charge is -2.02. The number of thiazole rings is 1. The summed E-state index contributed by atoms with van der Waals surface area (Å²) in [6, 6.07) is 2.75. The van der Waals surface area contributed by atoms with Crippen LogP contribution < -0.4 is 4.72 Å². The summed E-state index contributed by atoms with van der Waals surface area (Å²) in [6.07, 6.45) is 0.533. The van der Waals surface area contributed by atoms with Gasteiger partial charge in [-0.25, -0.2) is 18.1 Å². The summed E-state index contributed by atoms with van der Waals surface area (Å²) in [6.45, 7) is 1.82. The van der Waals surface area contributed by atoms with Gasteiger partial charge >= 0.3 is 0 Å². The summed E-state index contributed by atoms with van der Waals surface area (Å²) in [5.74, 6) is 0.218. The standard InChI is InChI=1S/C11H14N2O4S2/c1-8-7-18-10(13-8)4-5-12-19(15,16)11-3-2-9(6-14)17-11/h2-3,7,12,14H,4-6H2,1H3. The Balaban J connectivity index is 1.94. The predicted octanol–water partition coefficient (Wildman–Crippen LogP) is 1.06. The smallest absolute Gasteiger partial charge is 0.273 e. The largest absolute Gasteiger partial charge is 0.446 e. The number of sulfonamides is 1. The third-order valence-corrected chi connectivity index (χ3v) is 4.71. The molecule has 0 aliphatic rings. The molecular weight excluding hydrogens is 288 g/mol. The molecule has 0 bridgehead atoms. The quantitative estimate of drug-likeness (QED) is 0.832. The molecule has 0 fully saturated rings. The molecule has 0 aliphatic carbocycles. The van der Waals surface area contributed by atoms with Gasteiger partial charge in [0.2, 0.25) is 5.09 Å². The van der Waals surface area contributed by atoms with Crippen molar-refractivity contribution in [1.82, 2.24) is 9.71 Å². The van der Waals surface area contributed by atoms with Crippen molar-refractivity contribution in [3.63, 3.8) is 0 Å². The summed E-state index contributed by atoms with van der Waals surface area (Å²) >= 11 is 1.50. The van der Waals surface area contributed by atoms with Crippen molar-refractivity contribution in [1.29, 1.82) is 0 Å². The third-order valence-electron chi connectivity index (χ3n) is 2.36. The number of rotatable bonds is 6. The molecule has 19 heavy (non-hydrogen) atoms. The number of aromatic nitrogens is 1. The van der Waals surface area contributed by atoms with E-state index in [1.54, 1.807) is 0 Å². The summed E-state index contributed by atoms with van der Waals surface area (Å²) in [5, 5.41) is 11.4. The van der Waals surface area contributed by atoms with E-state index in [1.807, 2.05) is 12.3 Å². The zero-order valence-electron chi connectivity index (χ0n) is 10.3. The van der Waals surface area contributed by atoms with Crippen molar-refractivity contribution in [2.75, 3.05) is 6.54 Å². The van der Waals surface area contributed by atoms with Crippen LogP contribution in [0.5, 0.6) is 0 Å². The highest BCUT2D eigenvalue weighted by molar-refractivity contribution is 7.89. The maximum absolute atomic E-state index is 11.9. The van der Waals surface area contributed by atoms with Gasteiger partial charge in [-0.3, -0.25) is 0 Å². The Morgan fingerprint density at radius 1 is 1.47 bits per heavy atom. The van der Waals surface area contributed by atoms with Crippen LogP contribution in [0.1, 0.15) is 16.5 Å². The van der Waals surface area contributed by atoms with Crippen molar-refractivity contribution in [2.45, 2.75) is 25.0 Å². The highest BCUT2D eigenvalue weighted by atomic mass is 32.2. The van der Waals surface area contributed by atoms with Crippen molar-refractivity contribution < 1.29 is 17.9 Å². The van der Waals surface area contributed by atoms with Gasteiger partial charge in [-0.05, 0) is 19.1 Å². The van der Waals surface area contributed by atoms with E-state index < -0.39 is 10.0 Å². The topological polar surface area (TPSA) is 92.4 Å². The Morgan fingerprint density at radius 2 is 2.26 bits per heavy atom. The Hall–Kier alpha value is -1.22. The van der Waals surface area contributed by atoms with Crippen LogP contribution in [-0.2, 0) is 23.1 Å². The number of aliphatic hydroxyl groups excluding tert-OH is 1. The molecule has 2 N–H and O–H groups in total. The van der Waals surface area contributed by atoms with Gasteiger partial charge in [0.25, 0.3) is 10.0 Å². The Morgan fingerprint density at radius 3 is 2.84 bits per heavy atom. The lowest BCUT2D eigenvalue weighted by atomic mass is 10.4. The molecule has 0 aliphatic heterocycles. The first-order chi connectivity index (χ1) is 9.01. The van der Waals surface area contributed by atoms with Crippen molar-refractivity contribution >= 4 is 21.4 Å². The molecule has 8 heteroatoms. The summed E-state index contributed by atoms with van der Waals surface area (Å²) in [5.41, 5.74) is 0.932. The number of nitrogens with one attached hydrogen (secondary N) is 1. The first kappa shape index (κ1) is 14.2. The molecule has 0 saturated carbocycles. The number of furan rings is 1. The molecule has 0 spiro atoms. The SMILES string of the molecule is Cc1csc(CCNS(=O)(=O)c2ccc(CO)o2)n1. The van der Waals surface area contributed by atoms with E-state index in [-0.39, 0.29) is 24.0 Å². The van der Waals surface area contributed by atoms with E-state index >= 15 is 0 Å². The number of nitrogens with zero attached hydrogens (tertiary/aromatic N) is 1. The van der Waals surface area contributed by atoms with Gasteiger partial charge in [-0.15, -0.1) is 11.3 Å². The normalized spacial score (nSPS) is 11.9. The van der Waals surface area contributed by atoms with E-state index in [0.29, 0.717) is 6.42 Å². The summed E-state index contributed by atoms with van der Waals surface area (Å²) < 4.78 is 31.1. The van der Waals surface area contributed by atoms with E-state index in [9.17, 15) is 8.42 Å². The van der Waals surface area contributed by atoms with E-state index in [1.165, 1.54) is 23.5 Å². The molecule has 2 rings (SSSR count). The fraction of sp³-hybridized carbons (Fsp3) is 0.364. The van der Waals surface area contributed by atoms with E-state index in [2.05, 4.69) is 9.71 Å². The van der Waals surface area contributed by atoms with Gasteiger partial charge in [0.15, 0.2) is 0 Å². The summed E-state index contributed by atoms with van der Waals surface area (Å²) in [4.78, 5) is 4.25. The van der Waals surface area contributed by atoms with Crippen LogP contribution in [-0.4, -0.2) is 25.1 Å². The summed E-state index contributed by atoms with van der Waals surface area (Å²) in [7, 11) is -3.66. The van der Waals surface area contributed by atoms with Crippen LogP contribution in [0.25, 0.3) is 0 Å². The molecule has 0 amide bonds. The van der Waals surface area contributed by atoms with Crippen LogP contribution in [0, 0.1) is 6.92 Å². The monoisotopic (exact) mass is 302 g/mol. The number of hydrogen-bond acceptors (Lipinski definition) is 6. The molecule has 104 valence electrons. The van der Waals surface area contributed by atoms with Gasteiger partial charge < -0.3 is 9.52 Å². The molecule has 2 aromatic rings. The van der Waals surface area contributed by atoms with Crippen molar-refractivity contribution in [3.05, 3.63) is 34.0 Å². The highest BCUT2D eigenvalue weighted by Crippen LogP contribution is 2.14. The first-order valence-corrected chi connectivity index (χ1v) is 7.98. The van der Waals surface area contributed by atoms with Gasteiger partial charge in [0, 0.05) is 24.0 Å². The zero-order valence-corrected chi connectivity index (χ0v) is 11.9. The highest BCUT2D eigenvalue weighted by Gasteiger charge is 2.18. The van der Waals surface area contributed by atoms with Crippen LogP contribution in [0.4, 0.5) is 0 Å². The molecule has 0 aromatic carbocycles. The zero-order chi connectivity index (χ0) is 13.9. The fourth-order valence-corrected chi connectivity index (χ4v) is 3.22. The maximum atomic E-state index is 11.9. The lowest BCUT2D eigenvalue weighted by molar-refractivity contribution is 0.236. The minimum Gasteiger partial charge on any atom is -0.446 e. The van der Waals surface area contributed by atoms with E-state index in [4.69, 9.17) is 9.52 Å². The maximum Gasteiger partial charge on any atom is 0.273 e. The second kappa shape index (κ2) is 5.83. The molecule has 6 nitrogen and oxygen atoms in total. The van der Waals surface area contributed by atoms with Gasteiger partial charge in [-0.1, -0.05) is 0 Å². The van der Waals surface area contributed by atoms with Crippen molar-refractivity contribution in [2.24, 2.45) is 0 Å². The average molecular weight is 302 g/mol. The Labute approximate surface area is 115 Å². The van der Waals surface area contributed by atoms with Gasteiger partial charge in [-0.2, -0.15) is 0 Å². The molecular formula is C11H14N2O4S2. The number of aryl methyl sites for hydroxylation is 1. The molecule has 0 saturated heterocycles. The predicted molar refractivity (Wildman–Crippen MR) is 70.4 cm³/mol. The van der Waals surface area contributed by atoms with Gasteiger partial charge in [0.1, 0.15) is 12.4 Å². The first-order valence-electron chi connectivity index (χ1n) is 5.61. The second-order valence-electron chi connectivity index (χ2n) is 3.91. The number of hydrogen-bond donors (Lipinski definition) is 2. The van der Waals surface area contributed by atoms with Crippen LogP contribution in [0.2, 0.25) is 0 Å². The van der Waals surface area contributed by atoms with Crippen molar-refractivity contribution in [3.8, 4) is 0 Å². The van der Waals surface area contributed by atoms with Crippen LogP contribution in [0.15, 0.2) is 27.0 Å². The lowest BCUT2D eigenvalue weighted by Crippen LogP contribution is -2.25. The third kappa shape index (κ3) is 3.63. The molecule has 0 atom stereocenters. The Bertz CT molecular complexity index is 645. The minimum atomic E-state index is -3.66. The average Bonchev–Trinajstić information content (AvgIpc) is 2.98. The molecule has 0 radical (unpaired) electrons.